The second-order valence-electron chi connectivity index (χ2n) is 5.44. The van der Waals surface area contributed by atoms with Gasteiger partial charge in [-0.3, -0.25) is 4.79 Å². The zero-order valence-electron chi connectivity index (χ0n) is 12.8. The van der Waals surface area contributed by atoms with Crippen LogP contribution in [0.25, 0.3) is 10.4 Å². The van der Waals surface area contributed by atoms with E-state index in [4.69, 9.17) is 10.3 Å². The van der Waals surface area contributed by atoms with E-state index in [9.17, 15) is 14.7 Å². The Hall–Kier alpha value is -2.73. The Morgan fingerprint density at radius 1 is 1.52 bits per heavy atom. The van der Waals surface area contributed by atoms with E-state index < -0.39 is 12.0 Å². The van der Waals surface area contributed by atoms with Crippen molar-refractivity contribution in [1.82, 2.24) is 4.90 Å². The average Bonchev–Trinajstić information content (AvgIpc) is 2.92. The fourth-order valence-electron chi connectivity index (χ4n) is 2.70. The molecule has 0 radical (unpaired) electrons. The van der Waals surface area contributed by atoms with Crippen LogP contribution in [-0.2, 0) is 20.7 Å². The van der Waals surface area contributed by atoms with Crippen LogP contribution in [0, 0.1) is 5.92 Å². The third-order valence-corrected chi connectivity index (χ3v) is 3.86. The summed E-state index contributed by atoms with van der Waals surface area (Å²) >= 11 is 0. The van der Waals surface area contributed by atoms with Gasteiger partial charge in [-0.2, -0.15) is 0 Å². The molecule has 0 spiro atoms. The Morgan fingerprint density at radius 3 is 2.83 bits per heavy atom. The van der Waals surface area contributed by atoms with Crippen molar-refractivity contribution in [3.63, 3.8) is 0 Å². The van der Waals surface area contributed by atoms with Gasteiger partial charge < -0.3 is 14.7 Å². The van der Waals surface area contributed by atoms with E-state index in [-0.39, 0.29) is 30.5 Å². The lowest BCUT2D eigenvalue weighted by Crippen LogP contribution is -2.44. The number of methoxy groups -OCH3 is 1. The van der Waals surface area contributed by atoms with Crippen molar-refractivity contribution in [3.05, 3.63) is 40.3 Å². The van der Waals surface area contributed by atoms with Crippen molar-refractivity contribution in [3.8, 4) is 5.75 Å². The van der Waals surface area contributed by atoms with Crippen molar-refractivity contribution in [2.45, 2.75) is 18.9 Å². The summed E-state index contributed by atoms with van der Waals surface area (Å²) in [5.41, 5.74) is 9.19. The van der Waals surface area contributed by atoms with Crippen LogP contribution < -0.4 is 0 Å². The summed E-state index contributed by atoms with van der Waals surface area (Å²) in [6.07, 6.45) is 0.551. The number of hydrogen-bond donors (Lipinski definition) is 1. The lowest BCUT2D eigenvalue weighted by molar-refractivity contribution is -0.151. The zero-order valence-corrected chi connectivity index (χ0v) is 12.8. The van der Waals surface area contributed by atoms with Gasteiger partial charge in [-0.25, -0.2) is 4.79 Å². The highest BCUT2D eigenvalue weighted by Crippen LogP contribution is 2.23. The van der Waals surface area contributed by atoms with E-state index in [0.29, 0.717) is 13.0 Å². The molecule has 1 N–H and O–H groups in total. The van der Waals surface area contributed by atoms with Gasteiger partial charge in [-0.1, -0.05) is 17.2 Å². The molecule has 1 unspecified atom stereocenters. The van der Waals surface area contributed by atoms with Gasteiger partial charge in [0.25, 0.3) is 0 Å². The molecule has 8 heteroatoms. The molecule has 0 aliphatic carbocycles. The number of amides is 1. The summed E-state index contributed by atoms with van der Waals surface area (Å²) in [5, 5.41) is 12.8. The van der Waals surface area contributed by atoms with Gasteiger partial charge in [-0.15, -0.1) is 0 Å². The maximum Gasteiger partial charge on any atom is 0.328 e. The normalized spacial score (nSPS) is 18.4. The summed E-state index contributed by atoms with van der Waals surface area (Å²) in [4.78, 5) is 28.5. The fourth-order valence-corrected chi connectivity index (χ4v) is 2.70. The van der Waals surface area contributed by atoms with E-state index in [1.165, 1.54) is 24.1 Å². The quantitative estimate of drug-likeness (QED) is 0.371. The van der Waals surface area contributed by atoms with E-state index >= 15 is 0 Å². The standard InChI is InChI=1S/C15H18N4O4/c1-23-15(22)13(6-10-2-4-12(20)5-3-10)19-9-11(7-14(19)21)8-17-18-16/h2-5,11,13,20H,6-9H2,1H3/t11?,13-/m0/s1. The minimum atomic E-state index is -0.729. The van der Waals surface area contributed by atoms with Crippen LogP contribution in [0.15, 0.2) is 29.4 Å². The molecule has 1 amide bonds. The molecule has 1 aromatic rings. The number of rotatable bonds is 6. The van der Waals surface area contributed by atoms with E-state index in [0.717, 1.165) is 5.56 Å². The first-order chi connectivity index (χ1) is 11.0. The highest BCUT2D eigenvalue weighted by molar-refractivity contribution is 5.86. The van der Waals surface area contributed by atoms with Gasteiger partial charge >= 0.3 is 5.97 Å². The maximum absolute atomic E-state index is 12.2. The lowest BCUT2D eigenvalue weighted by Gasteiger charge is -2.26. The van der Waals surface area contributed by atoms with Gasteiger partial charge in [0.2, 0.25) is 5.91 Å². The number of carbonyl (C=O) groups excluding carboxylic acids is 2. The third kappa shape index (κ3) is 4.14. The molecule has 1 heterocycles. The molecule has 1 fully saturated rings. The van der Waals surface area contributed by atoms with Crippen LogP contribution in [-0.4, -0.2) is 48.1 Å². The predicted molar refractivity (Wildman–Crippen MR) is 81.4 cm³/mol. The smallest absolute Gasteiger partial charge is 0.328 e. The van der Waals surface area contributed by atoms with Gasteiger partial charge in [-0.05, 0) is 29.1 Å². The van der Waals surface area contributed by atoms with Crippen molar-refractivity contribution in [2.75, 3.05) is 20.2 Å². The lowest BCUT2D eigenvalue weighted by atomic mass is 10.0. The Bertz CT molecular complexity index is 625. The van der Waals surface area contributed by atoms with Gasteiger partial charge in [0.15, 0.2) is 0 Å². The number of ether oxygens (including phenoxy) is 1. The van der Waals surface area contributed by atoms with Gasteiger partial charge in [0.1, 0.15) is 11.8 Å². The van der Waals surface area contributed by atoms with Gasteiger partial charge in [0.05, 0.1) is 7.11 Å². The number of benzene rings is 1. The second kappa shape index (κ2) is 7.51. The Balaban J connectivity index is 2.14. The molecular formula is C15H18N4O4. The largest absolute Gasteiger partial charge is 0.508 e. The first-order valence-corrected chi connectivity index (χ1v) is 7.21. The van der Waals surface area contributed by atoms with Crippen LogP contribution in [0.4, 0.5) is 0 Å². The highest BCUT2D eigenvalue weighted by Gasteiger charge is 2.37. The first-order valence-electron chi connectivity index (χ1n) is 7.21. The molecule has 2 atom stereocenters. The number of esters is 1. The number of carbonyl (C=O) groups is 2. The Kier molecular flexibility index (Phi) is 5.43. The van der Waals surface area contributed by atoms with E-state index in [2.05, 4.69) is 10.0 Å². The van der Waals surface area contributed by atoms with Crippen LogP contribution in [0.5, 0.6) is 5.75 Å². The number of phenolic OH excluding ortho intramolecular Hbond substituents is 1. The molecule has 1 aromatic carbocycles. The molecular weight excluding hydrogens is 300 g/mol. The molecule has 2 rings (SSSR count). The number of hydrogen-bond acceptors (Lipinski definition) is 5. The number of azide groups is 1. The molecule has 23 heavy (non-hydrogen) atoms. The summed E-state index contributed by atoms with van der Waals surface area (Å²) in [5.74, 6) is -0.603. The Labute approximate surface area is 133 Å². The molecule has 0 bridgehead atoms. The number of likely N-dealkylation sites (tertiary alicyclic amines) is 1. The number of nitrogens with zero attached hydrogens (tertiary/aromatic N) is 4. The minimum Gasteiger partial charge on any atom is -0.508 e. The molecule has 0 saturated carbocycles. The van der Waals surface area contributed by atoms with E-state index in [1.54, 1.807) is 12.1 Å². The van der Waals surface area contributed by atoms with Crippen molar-refractivity contribution < 1.29 is 19.4 Å². The fraction of sp³-hybridized carbons (Fsp3) is 0.467. The number of aromatic hydroxyl groups is 1. The maximum atomic E-state index is 12.2. The van der Waals surface area contributed by atoms with Gasteiger partial charge in [0, 0.05) is 30.8 Å². The molecule has 1 aliphatic heterocycles. The highest BCUT2D eigenvalue weighted by atomic mass is 16.5. The topological polar surface area (TPSA) is 116 Å². The molecule has 1 aliphatic rings. The molecule has 0 aromatic heterocycles. The third-order valence-electron chi connectivity index (χ3n) is 3.86. The molecule has 122 valence electrons. The van der Waals surface area contributed by atoms with Crippen LogP contribution in [0.3, 0.4) is 0 Å². The number of phenols is 1. The van der Waals surface area contributed by atoms with Crippen LogP contribution >= 0.6 is 0 Å². The minimum absolute atomic E-state index is 0.0922. The van der Waals surface area contributed by atoms with Crippen molar-refractivity contribution in [1.29, 1.82) is 0 Å². The Morgan fingerprint density at radius 2 is 2.22 bits per heavy atom. The zero-order chi connectivity index (χ0) is 16.8. The summed E-state index contributed by atoms with van der Waals surface area (Å²) < 4.78 is 4.82. The summed E-state index contributed by atoms with van der Waals surface area (Å²) in [7, 11) is 1.28. The SMILES string of the molecule is COC(=O)[C@H](Cc1ccc(O)cc1)N1CC(CN=[N+]=[N-])CC1=O. The predicted octanol–water partition coefficient (Wildman–Crippen LogP) is 1.64. The first kappa shape index (κ1) is 16.6. The summed E-state index contributed by atoms with van der Waals surface area (Å²) in [6.45, 7) is 0.585. The average molecular weight is 318 g/mol. The molecule has 1 saturated heterocycles. The monoisotopic (exact) mass is 318 g/mol. The van der Waals surface area contributed by atoms with E-state index in [1.807, 2.05) is 0 Å². The molecule has 8 nitrogen and oxygen atoms in total. The second-order valence-corrected chi connectivity index (χ2v) is 5.44. The van der Waals surface area contributed by atoms with Crippen LogP contribution in [0.1, 0.15) is 12.0 Å². The van der Waals surface area contributed by atoms with Crippen molar-refractivity contribution in [2.24, 2.45) is 11.0 Å². The summed E-state index contributed by atoms with van der Waals surface area (Å²) in [6, 6.07) is 5.72. The van der Waals surface area contributed by atoms with Crippen LogP contribution in [0.2, 0.25) is 0 Å². The van der Waals surface area contributed by atoms with Crippen molar-refractivity contribution >= 4 is 11.9 Å².